The Kier molecular flexibility index (Phi) is 3.04. The summed E-state index contributed by atoms with van der Waals surface area (Å²) < 4.78 is 4.81. The van der Waals surface area contributed by atoms with E-state index in [9.17, 15) is 4.79 Å². The molecule has 4 nitrogen and oxygen atoms in total. The first-order chi connectivity index (χ1) is 9.81. The maximum atomic E-state index is 12.5. The van der Waals surface area contributed by atoms with Gasteiger partial charge >= 0.3 is 0 Å². The summed E-state index contributed by atoms with van der Waals surface area (Å²) in [5, 5.41) is 3.80. The first-order valence-corrected chi connectivity index (χ1v) is 8.02. The first kappa shape index (κ1) is 12.4. The van der Waals surface area contributed by atoms with Crippen LogP contribution in [0.1, 0.15) is 55.4 Å². The predicted molar refractivity (Wildman–Crippen MR) is 74.1 cm³/mol. The number of hydrogen-bond acceptors (Lipinski definition) is 3. The summed E-state index contributed by atoms with van der Waals surface area (Å²) in [6.07, 6.45) is 10.7. The van der Waals surface area contributed by atoms with Gasteiger partial charge in [-0.25, -0.2) is 0 Å². The molecule has 4 rings (SSSR count). The molecular formula is C16H22N2O2. The molecule has 4 atom stereocenters. The molecule has 108 valence electrons. The standard InChI is InChI=1S/C16H22N2O2/c19-16(15-5-7-20-17-15)18-6-1-2-14(18)10-13-9-11-3-4-12(13)8-11/h5,7,11-14H,1-4,6,8-10H2/t11-,12-,13+,14-/m1/s1. The van der Waals surface area contributed by atoms with Crippen LogP contribution < -0.4 is 0 Å². The number of carbonyl (C=O) groups is 1. The average Bonchev–Trinajstić information content (AvgIpc) is 3.23. The summed E-state index contributed by atoms with van der Waals surface area (Å²) in [4.78, 5) is 14.5. The van der Waals surface area contributed by atoms with Crippen LogP contribution in [-0.2, 0) is 0 Å². The molecule has 2 bridgehead atoms. The number of likely N-dealkylation sites (tertiary alicyclic amines) is 1. The van der Waals surface area contributed by atoms with Crippen LogP contribution in [0.5, 0.6) is 0 Å². The number of nitrogens with zero attached hydrogens (tertiary/aromatic N) is 2. The summed E-state index contributed by atoms with van der Waals surface area (Å²) >= 11 is 0. The largest absolute Gasteiger partial charge is 0.364 e. The third-order valence-corrected chi connectivity index (χ3v) is 5.75. The van der Waals surface area contributed by atoms with Gasteiger partial charge in [-0.15, -0.1) is 0 Å². The monoisotopic (exact) mass is 274 g/mol. The molecule has 0 spiro atoms. The highest BCUT2D eigenvalue weighted by molar-refractivity contribution is 5.92. The summed E-state index contributed by atoms with van der Waals surface area (Å²) in [6, 6.07) is 2.11. The quantitative estimate of drug-likeness (QED) is 0.850. The van der Waals surface area contributed by atoms with E-state index in [0.717, 1.165) is 37.1 Å². The number of fused-ring (bicyclic) bond motifs is 2. The Labute approximate surface area is 119 Å². The van der Waals surface area contributed by atoms with Crippen LogP contribution >= 0.6 is 0 Å². The Balaban J connectivity index is 1.43. The summed E-state index contributed by atoms with van der Waals surface area (Å²) in [5.41, 5.74) is 0.463. The minimum Gasteiger partial charge on any atom is -0.364 e. The molecule has 1 aromatic rings. The maximum absolute atomic E-state index is 12.5. The zero-order chi connectivity index (χ0) is 13.5. The van der Waals surface area contributed by atoms with E-state index in [1.165, 1.54) is 38.4 Å². The Morgan fingerprint density at radius 2 is 2.30 bits per heavy atom. The van der Waals surface area contributed by atoms with Crippen molar-refractivity contribution >= 4 is 5.91 Å². The molecule has 1 amide bonds. The minimum atomic E-state index is 0.0596. The summed E-state index contributed by atoms with van der Waals surface area (Å²) in [5.74, 6) is 2.87. The highest BCUT2D eigenvalue weighted by atomic mass is 16.5. The van der Waals surface area contributed by atoms with Crippen LogP contribution in [0, 0.1) is 17.8 Å². The van der Waals surface area contributed by atoms with Crippen molar-refractivity contribution in [3.8, 4) is 0 Å². The first-order valence-electron chi connectivity index (χ1n) is 8.02. The van der Waals surface area contributed by atoms with Gasteiger partial charge in [0.05, 0.1) is 0 Å². The van der Waals surface area contributed by atoms with E-state index in [0.29, 0.717) is 11.7 Å². The van der Waals surface area contributed by atoms with E-state index in [-0.39, 0.29) is 5.91 Å². The van der Waals surface area contributed by atoms with Gasteiger partial charge in [0.2, 0.25) is 0 Å². The van der Waals surface area contributed by atoms with Crippen LogP contribution in [-0.4, -0.2) is 28.6 Å². The summed E-state index contributed by atoms with van der Waals surface area (Å²) in [6.45, 7) is 0.886. The van der Waals surface area contributed by atoms with E-state index >= 15 is 0 Å². The lowest BCUT2D eigenvalue weighted by Gasteiger charge is -2.29. The van der Waals surface area contributed by atoms with Crippen molar-refractivity contribution in [3.05, 3.63) is 18.0 Å². The van der Waals surface area contributed by atoms with Gasteiger partial charge in [0.1, 0.15) is 6.26 Å². The van der Waals surface area contributed by atoms with E-state index in [4.69, 9.17) is 4.52 Å². The SMILES string of the molecule is O=C(c1ccon1)N1CCC[C@@H]1C[C@@H]1C[C@@H]2CC[C@@H]1C2. The maximum Gasteiger partial charge on any atom is 0.276 e. The third-order valence-electron chi connectivity index (χ3n) is 5.75. The molecule has 2 heterocycles. The fourth-order valence-corrected chi connectivity index (χ4v) is 4.83. The molecule has 2 aliphatic carbocycles. The van der Waals surface area contributed by atoms with Gasteiger partial charge in [0, 0.05) is 18.7 Å². The molecule has 0 unspecified atom stereocenters. The van der Waals surface area contributed by atoms with E-state index < -0.39 is 0 Å². The zero-order valence-corrected chi connectivity index (χ0v) is 11.8. The lowest BCUT2D eigenvalue weighted by molar-refractivity contribution is 0.0697. The Morgan fingerprint density at radius 1 is 1.35 bits per heavy atom. The molecule has 0 N–H and O–H groups in total. The molecule has 3 fully saturated rings. The second kappa shape index (κ2) is 4.90. The van der Waals surface area contributed by atoms with Gasteiger partial charge in [0.25, 0.3) is 5.91 Å². The van der Waals surface area contributed by atoms with E-state index in [2.05, 4.69) is 5.16 Å². The number of amides is 1. The molecule has 2 saturated carbocycles. The third kappa shape index (κ3) is 2.05. The van der Waals surface area contributed by atoms with Crippen molar-refractivity contribution in [3.63, 3.8) is 0 Å². The number of hydrogen-bond donors (Lipinski definition) is 0. The average molecular weight is 274 g/mol. The molecule has 1 aromatic heterocycles. The second-order valence-electron chi connectivity index (χ2n) is 6.85. The van der Waals surface area contributed by atoms with Crippen molar-refractivity contribution in [2.24, 2.45) is 17.8 Å². The smallest absolute Gasteiger partial charge is 0.276 e. The van der Waals surface area contributed by atoms with Crippen LogP contribution in [0.25, 0.3) is 0 Å². The predicted octanol–water partition coefficient (Wildman–Crippen LogP) is 3.11. The molecule has 1 saturated heterocycles. The molecule has 0 aromatic carbocycles. The normalized spacial score (nSPS) is 35.9. The van der Waals surface area contributed by atoms with Gasteiger partial charge in [-0.05, 0) is 56.3 Å². The Morgan fingerprint density at radius 3 is 3.00 bits per heavy atom. The van der Waals surface area contributed by atoms with Crippen molar-refractivity contribution in [1.29, 1.82) is 0 Å². The molecular weight excluding hydrogens is 252 g/mol. The molecule has 3 aliphatic rings. The molecule has 0 radical (unpaired) electrons. The van der Waals surface area contributed by atoms with E-state index in [1.807, 2.05) is 4.90 Å². The number of aromatic nitrogens is 1. The lowest BCUT2D eigenvalue weighted by Crippen LogP contribution is -2.37. The highest BCUT2D eigenvalue weighted by Crippen LogP contribution is 2.50. The second-order valence-corrected chi connectivity index (χ2v) is 6.85. The minimum absolute atomic E-state index is 0.0596. The van der Waals surface area contributed by atoms with Gasteiger partial charge in [-0.1, -0.05) is 11.6 Å². The van der Waals surface area contributed by atoms with Crippen molar-refractivity contribution in [2.45, 2.75) is 51.0 Å². The Bertz CT molecular complexity index is 485. The van der Waals surface area contributed by atoms with Crippen molar-refractivity contribution in [1.82, 2.24) is 10.1 Å². The van der Waals surface area contributed by atoms with Crippen LogP contribution in [0.15, 0.2) is 16.9 Å². The van der Waals surface area contributed by atoms with Gasteiger partial charge in [-0.2, -0.15) is 0 Å². The topological polar surface area (TPSA) is 46.3 Å². The van der Waals surface area contributed by atoms with Crippen molar-refractivity contribution in [2.75, 3.05) is 6.54 Å². The van der Waals surface area contributed by atoms with E-state index in [1.54, 1.807) is 6.07 Å². The Hall–Kier alpha value is -1.32. The van der Waals surface area contributed by atoms with Crippen LogP contribution in [0.2, 0.25) is 0 Å². The van der Waals surface area contributed by atoms with Gasteiger partial charge in [0.15, 0.2) is 5.69 Å². The molecule has 1 aliphatic heterocycles. The highest BCUT2D eigenvalue weighted by Gasteiger charge is 2.42. The van der Waals surface area contributed by atoms with Crippen molar-refractivity contribution < 1.29 is 9.32 Å². The van der Waals surface area contributed by atoms with Crippen LogP contribution in [0.3, 0.4) is 0 Å². The molecule has 20 heavy (non-hydrogen) atoms. The molecule has 4 heteroatoms. The lowest BCUT2D eigenvalue weighted by atomic mass is 9.83. The van der Waals surface area contributed by atoms with Gasteiger partial charge < -0.3 is 9.42 Å². The zero-order valence-electron chi connectivity index (χ0n) is 11.8. The fourth-order valence-electron chi connectivity index (χ4n) is 4.83. The number of rotatable bonds is 3. The number of carbonyl (C=O) groups excluding carboxylic acids is 1. The fraction of sp³-hybridized carbons (Fsp3) is 0.750. The summed E-state index contributed by atoms with van der Waals surface area (Å²) in [7, 11) is 0. The van der Waals surface area contributed by atoms with Gasteiger partial charge in [-0.3, -0.25) is 4.79 Å². The van der Waals surface area contributed by atoms with Crippen LogP contribution in [0.4, 0.5) is 0 Å².